The van der Waals surface area contributed by atoms with Crippen LogP contribution in [0.2, 0.25) is 0 Å². The summed E-state index contributed by atoms with van der Waals surface area (Å²) >= 11 is 0. The first kappa shape index (κ1) is 14.8. The second kappa shape index (κ2) is 5.83. The standard InChI is InChI=1S/C14H16F3NO2/c15-14(16,17)10-6-2-1-5-9(10)13(20)18-11-7-3-4-8-12(11)19/h1-2,5-6,11-12,19H,3-4,7-8H2,(H,18,20)/t11-,12+/m0/s1. The van der Waals surface area contributed by atoms with Crippen LogP contribution in [-0.4, -0.2) is 23.2 Å². The Hall–Kier alpha value is -1.56. The maximum atomic E-state index is 12.8. The molecular weight excluding hydrogens is 271 g/mol. The maximum Gasteiger partial charge on any atom is 0.417 e. The molecule has 0 aromatic heterocycles. The first-order valence-corrected chi connectivity index (χ1v) is 6.55. The van der Waals surface area contributed by atoms with E-state index in [1.807, 2.05) is 0 Å². The Labute approximate surface area is 114 Å². The summed E-state index contributed by atoms with van der Waals surface area (Å²) in [5, 5.41) is 12.3. The fourth-order valence-corrected chi connectivity index (χ4v) is 2.45. The monoisotopic (exact) mass is 287 g/mol. The number of alkyl halides is 3. The van der Waals surface area contributed by atoms with Gasteiger partial charge in [0, 0.05) is 0 Å². The molecule has 0 unspecified atom stereocenters. The molecule has 1 aromatic carbocycles. The molecule has 1 fully saturated rings. The highest BCUT2D eigenvalue weighted by Crippen LogP contribution is 2.32. The lowest BCUT2D eigenvalue weighted by Crippen LogP contribution is -2.45. The van der Waals surface area contributed by atoms with Crippen LogP contribution in [0.1, 0.15) is 41.6 Å². The summed E-state index contributed by atoms with van der Waals surface area (Å²) in [6.07, 6.45) is -2.40. The van der Waals surface area contributed by atoms with E-state index in [0.29, 0.717) is 12.8 Å². The number of benzene rings is 1. The molecule has 1 aliphatic carbocycles. The van der Waals surface area contributed by atoms with E-state index in [9.17, 15) is 23.1 Å². The second-order valence-electron chi connectivity index (χ2n) is 4.98. The van der Waals surface area contributed by atoms with Crippen LogP contribution in [0, 0.1) is 0 Å². The lowest BCUT2D eigenvalue weighted by atomic mass is 9.92. The first-order valence-electron chi connectivity index (χ1n) is 6.55. The molecule has 1 aliphatic rings. The smallest absolute Gasteiger partial charge is 0.391 e. The highest BCUT2D eigenvalue weighted by molar-refractivity contribution is 5.96. The summed E-state index contributed by atoms with van der Waals surface area (Å²) in [6, 6.07) is 4.19. The van der Waals surface area contributed by atoms with Gasteiger partial charge in [-0.2, -0.15) is 13.2 Å². The van der Waals surface area contributed by atoms with Crippen molar-refractivity contribution >= 4 is 5.91 Å². The molecule has 0 aliphatic heterocycles. The van der Waals surface area contributed by atoms with Gasteiger partial charge in [-0.15, -0.1) is 0 Å². The number of hydrogen-bond donors (Lipinski definition) is 2. The summed E-state index contributed by atoms with van der Waals surface area (Å²) in [6.45, 7) is 0. The Morgan fingerprint density at radius 3 is 2.50 bits per heavy atom. The minimum Gasteiger partial charge on any atom is -0.391 e. The van der Waals surface area contributed by atoms with Gasteiger partial charge >= 0.3 is 6.18 Å². The van der Waals surface area contributed by atoms with Crippen LogP contribution in [-0.2, 0) is 6.18 Å². The van der Waals surface area contributed by atoms with Crippen molar-refractivity contribution in [3.05, 3.63) is 35.4 Å². The van der Waals surface area contributed by atoms with E-state index in [2.05, 4.69) is 5.32 Å². The van der Waals surface area contributed by atoms with Crippen LogP contribution in [0.4, 0.5) is 13.2 Å². The van der Waals surface area contributed by atoms with Gasteiger partial charge in [0.2, 0.25) is 0 Å². The van der Waals surface area contributed by atoms with Crippen molar-refractivity contribution < 1.29 is 23.1 Å². The number of aliphatic hydroxyl groups is 1. The van der Waals surface area contributed by atoms with Crippen LogP contribution in [0.5, 0.6) is 0 Å². The fraction of sp³-hybridized carbons (Fsp3) is 0.500. The largest absolute Gasteiger partial charge is 0.417 e. The third-order valence-electron chi connectivity index (χ3n) is 3.52. The van der Waals surface area contributed by atoms with Crippen molar-refractivity contribution in [1.29, 1.82) is 0 Å². The Kier molecular flexibility index (Phi) is 4.32. The van der Waals surface area contributed by atoms with Gasteiger partial charge in [-0.3, -0.25) is 4.79 Å². The van der Waals surface area contributed by atoms with Gasteiger partial charge in [0.1, 0.15) is 0 Å². The van der Waals surface area contributed by atoms with Crippen LogP contribution in [0.3, 0.4) is 0 Å². The molecule has 2 rings (SSSR count). The minimum atomic E-state index is -4.57. The highest BCUT2D eigenvalue weighted by atomic mass is 19.4. The van der Waals surface area contributed by atoms with Gasteiger partial charge in [-0.1, -0.05) is 25.0 Å². The predicted octanol–water partition coefficient (Wildman–Crippen LogP) is 2.74. The zero-order chi connectivity index (χ0) is 14.8. The summed E-state index contributed by atoms with van der Waals surface area (Å²) in [7, 11) is 0. The predicted molar refractivity (Wildman–Crippen MR) is 67.2 cm³/mol. The van der Waals surface area contributed by atoms with Crippen molar-refractivity contribution in [2.24, 2.45) is 0 Å². The molecule has 20 heavy (non-hydrogen) atoms. The molecule has 110 valence electrons. The quantitative estimate of drug-likeness (QED) is 0.878. The molecule has 0 bridgehead atoms. The van der Waals surface area contributed by atoms with E-state index >= 15 is 0 Å². The molecule has 0 saturated heterocycles. The number of amides is 1. The molecular formula is C14H16F3NO2. The van der Waals surface area contributed by atoms with E-state index < -0.39 is 35.4 Å². The summed E-state index contributed by atoms with van der Waals surface area (Å²) in [5.41, 5.74) is -1.36. The Morgan fingerprint density at radius 2 is 1.85 bits per heavy atom. The number of hydrogen-bond acceptors (Lipinski definition) is 2. The van der Waals surface area contributed by atoms with Crippen LogP contribution < -0.4 is 5.32 Å². The van der Waals surface area contributed by atoms with Gasteiger partial charge in [0.15, 0.2) is 0 Å². The minimum absolute atomic E-state index is 0.405. The van der Waals surface area contributed by atoms with E-state index in [1.54, 1.807) is 0 Å². The highest BCUT2D eigenvalue weighted by Gasteiger charge is 2.35. The topological polar surface area (TPSA) is 49.3 Å². The third-order valence-corrected chi connectivity index (χ3v) is 3.52. The number of nitrogens with one attached hydrogen (secondary N) is 1. The molecule has 1 aromatic rings. The molecule has 3 nitrogen and oxygen atoms in total. The lowest BCUT2D eigenvalue weighted by Gasteiger charge is -2.28. The molecule has 0 radical (unpaired) electrons. The van der Waals surface area contributed by atoms with Crippen molar-refractivity contribution in [1.82, 2.24) is 5.32 Å². The molecule has 0 spiro atoms. The van der Waals surface area contributed by atoms with Gasteiger partial charge in [-0.05, 0) is 25.0 Å². The normalized spacial score (nSPS) is 23.4. The summed E-state index contributed by atoms with van der Waals surface area (Å²) in [5.74, 6) is -0.788. The summed E-state index contributed by atoms with van der Waals surface area (Å²) < 4.78 is 38.5. The van der Waals surface area contributed by atoms with Crippen LogP contribution in [0.15, 0.2) is 24.3 Å². The molecule has 6 heteroatoms. The van der Waals surface area contributed by atoms with Gasteiger partial charge in [-0.25, -0.2) is 0 Å². The Morgan fingerprint density at radius 1 is 1.20 bits per heavy atom. The molecule has 1 amide bonds. The van der Waals surface area contributed by atoms with Gasteiger partial charge < -0.3 is 10.4 Å². The van der Waals surface area contributed by atoms with Gasteiger partial charge in [0.25, 0.3) is 5.91 Å². The zero-order valence-electron chi connectivity index (χ0n) is 10.8. The Balaban J connectivity index is 2.17. The Bertz CT molecular complexity index is 488. The van der Waals surface area contributed by atoms with Crippen molar-refractivity contribution in [2.45, 2.75) is 44.0 Å². The van der Waals surface area contributed by atoms with E-state index in [1.165, 1.54) is 12.1 Å². The average molecular weight is 287 g/mol. The molecule has 1 saturated carbocycles. The maximum absolute atomic E-state index is 12.8. The van der Waals surface area contributed by atoms with Gasteiger partial charge in [0.05, 0.1) is 23.3 Å². The lowest BCUT2D eigenvalue weighted by molar-refractivity contribution is -0.137. The van der Waals surface area contributed by atoms with Crippen molar-refractivity contribution in [3.63, 3.8) is 0 Å². The SMILES string of the molecule is O=C(N[C@H]1CCCC[C@H]1O)c1ccccc1C(F)(F)F. The van der Waals surface area contributed by atoms with Crippen molar-refractivity contribution in [3.8, 4) is 0 Å². The van der Waals surface area contributed by atoms with Crippen LogP contribution >= 0.6 is 0 Å². The van der Waals surface area contributed by atoms with E-state index in [4.69, 9.17) is 0 Å². The second-order valence-corrected chi connectivity index (χ2v) is 4.98. The first-order chi connectivity index (χ1) is 9.39. The molecule has 0 heterocycles. The third kappa shape index (κ3) is 3.30. The number of carbonyl (C=O) groups is 1. The number of halogens is 3. The summed E-state index contributed by atoms with van der Waals surface area (Å²) in [4.78, 5) is 12.0. The number of rotatable bonds is 2. The van der Waals surface area contributed by atoms with E-state index in [-0.39, 0.29) is 0 Å². The van der Waals surface area contributed by atoms with E-state index in [0.717, 1.165) is 25.0 Å². The fourth-order valence-electron chi connectivity index (χ4n) is 2.45. The number of carbonyl (C=O) groups excluding carboxylic acids is 1. The molecule has 2 N–H and O–H groups in total. The van der Waals surface area contributed by atoms with Crippen LogP contribution in [0.25, 0.3) is 0 Å². The molecule has 2 atom stereocenters. The average Bonchev–Trinajstić information content (AvgIpc) is 2.40. The number of aliphatic hydroxyl groups excluding tert-OH is 1. The van der Waals surface area contributed by atoms with Crippen molar-refractivity contribution in [2.75, 3.05) is 0 Å². The zero-order valence-corrected chi connectivity index (χ0v) is 10.8.